The van der Waals surface area contributed by atoms with Crippen molar-refractivity contribution in [3.05, 3.63) is 59.7 Å². The van der Waals surface area contributed by atoms with Crippen LogP contribution in [-0.2, 0) is 21.2 Å². The molecular formula is C23H26F4N2O3S. The molecule has 0 saturated carbocycles. The number of carbonyl (C=O) groups is 1. The van der Waals surface area contributed by atoms with Gasteiger partial charge in [-0.15, -0.1) is 0 Å². The Labute approximate surface area is 190 Å². The van der Waals surface area contributed by atoms with Crippen LogP contribution in [0.3, 0.4) is 0 Å². The molecule has 1 fully saturated rings. The largest absolute Gasteiger partial charge is 0.331 e. The van der Waals surface area contributed by atoms with Crippen molar-refractivity contribution in [1.29, 1.82) is 0 Å². The van der Waals surface area contributed by atoms with Crippen LogP contribution in [0.15, 0.2) is 42.5 Å². The van der Waals surface area contributed by atoms with Crippen molar-refractivity contribution in [2.45, 2.75) is 45.2 Å². The second-order valence-electron chi connectivity index (χ2n) is 8.41. The van der Waals surface area contributed by atoms with E-state index in [1.54, 1.807) is 19.9 Å². The molecule has 180 valence electrons. The molecule has 3 rings (SSSR count). The summed E-state index contributed by atoms with van der Waals surface area (Å²) in [7, 11) is -4.05. The first kappa shape index (κ1) is 25.2. The number of rotatable bonds is 7. The lowest BCUT2D eigenvalue weighted by molar-refractivity contribution is -0.136. The van der Waals surface area contributed by atoms with Gasteiger partial charge in [0.2, 0.25) is 15.9 Å². The van der Waals surface area contributed by atoms with E-state index in [1.165, 1.54) is 43.3 Å². The topological polar surface area (TPSA) is 66.5 Å². The number of nitrogens with zero attached hydrogens (tertiary/aromatic N) is 1. The monoisotopic (exact) mass is 486 g/mol. The summed E-state index contributed by atoms with van der Waals surface area (Å²) in [4.78, 5) is 13.6. The van der Waals surface area contributed by atoms with Gasteiger partial charge >= 0.3 is 0 Å². The van der Waals surface area contributed by atoms with Crippen molar-refractivity contribution < 1.29 is 30.8 Å². The van der Waals surface area contributed by atoms with E-state index in [2.05, 4.69) is 0 Å². The van der Waals surface area contributed by atoms with E-state index in [9.17, 15) is 26.4 Å². The van der Waals surface area contributed by atoms with Gasteiger partial charge in [0.25, 0.3) is 5.92 Å². The van der Waals surface area contributed by atoms with E-state index in [0.717, 1.165) is 4.90 Å². The van der Waals surface area contributed by atoms with E-state index >= 15 is 4.39 Å². The van der Waals surface area contributed by atoms with Crippen molar-refractivity contribution in [2.24, 2.45) is 5.92 Å². The van der Waals surface area contributed by atoms with Crippen LogP contribution >= 0.6 is 0 Å². The Hall–Kier alpha value is -2.46. The highest BCUT2D eigenvalue weighted by molar-refractivity contribution is 7.89. The van der Waals surface area contributed by atoms with Crippen LogP contribution in [0.1, 0.15) is 26.3 Å². The minimum absolute atomic E-state index is 0.00644. The third kappa shape index (κ3) is 5.22. The molecule has 2 aromatic rings. The first-order chi connectivity index (χ1) is 15.4. The average Bonchev–Trinajstić information content (AvgIpc) is 2.99. The van der Waals surface area contributed by atoms with Crippen LogP contribution < -0.4 is 4.72 Å². The highest BCUT2D eigenvalue weighted by Crippen LogP contribution is 2.37. The molecule has 2 atom stereocenters. The molecule has 2 aromatic carbocycles. The van der Waals surface area contributed by atoms with Gasteiger partial charge in [0, 0.05) is 17.0 Å². The molecule has 0 spiro atoms. The van der Waals surface area contributed by atoms with Crippen molar-refractivity contribution >= 4 is 15.9 Å². The molecule has 1 amide bonds. The predicted octanol–water partition coefficient (Wildman–Crippen LogP) is 3.98. The normalized spacial score (nSPS) is 20.4. The van der Waals surface area contributed by atoms with Gasteiger partial charge in [-0.1, -0.05) is 50.2 Å². The summed E-state index contributed by atoms with van der Waals surface area (Å²) in [5.41, 5.74) is -0.0737. The van der Waals surface area contributed by atoms with Crippen molar-refractivity contribution in [2.75, 3.05) is 12.3 Å². The van der Waals surface area contributed by atoms with E-state index in [4.69, 9.17) is 0 Å². The van der Waals surface area contributed by atoms with Gasteiger partial charge in [-0.25, -0.2) is 30.7 Å². The van der Waals surface area contributed by atoms with Gasteiger partial charge in [0.05, 0.1) is 18.3 Å². The SMILES string of the molecule is CCS(=O)(=O)N[C@@H]1[C@H](Cc2cccc(-c3ccccc3F)c2F)N(C(=O)C(C)C)CC1(F)F. The summed E-state index contributed by atoms with van der Waals surface area (Å²) in [5, 5.41) is 0. The Morgan fingerprint density at radius 3 is 2.36 bits per heavy atom. The molecule has 0 aromatic heterocycles. The smallest absolute Gasteiger partial charge is 0.283 e. The van der Waals surface area contributed by atoms with Gasteiger partial charge in [-0.05, 0) is 25.0 Å². The number of nitrogens with one attached hydrogen (secondary N) is 1. The van der Waals surface area contributed by atoms with Crippen LogP contribution in [0.4, 0.5) is 17.6 Å². The summed E-state index contributed by atoms with van der Waals surface area (Å²) >= 11 is 0. The molecule has 1 aliphatic rings. The number of hydrogen-bond acceptors (Lipinski definition) is 3. The standard InChI is InChI=1S/C23H26F4N2O3S/c1-4-33(31,32)28-21-19(29(13-23(21,26)27)22(30)14(2)3)12-15-8-7-10-17(20(15)25)16-9-5-6-11-18(16)24/h5-11,14,19,21,28H,4,12-13H2,1-3H3/t19-,21+/m0/s1. The minimum atomic E-state index is -4.05. The highest BCUT2D eigenvalue weighted by Gasteiger charge is 2.57. The number of amides is 1. The first-order valence-electron chi connectivity index (χ1n) is 10.6. The van der Waals surface area contributed by atoms with E-state index in [0.29, 0.717) is 0 Å². The first-order valence-corrected chi connectivity index (χ1v) is 12.2. The van der Waals surface area contributed by atoms with Gasteiger partial charge < -0.3 is 4.90 Å². The Morgan fingerprint density at radius 2 is 1.76 bits per heavy atom. The Balaban J connectivity index is 2.06. The summed E-state index contributed by atoms with van der Waals surface area (Å²) in [6.45, 7) is 3.40. The Kier molecular flexibility index (Phi) is 7.18. The molecule has 1 saturated heterocycles. The number of hydrogen-bond donors (Lipinski definition) is 1. The zero-order chi connectivity index (χ0) is 24.6. The molecule has 0 bridgehead atoms. The third-order valence-electron chi connectivity index (χ3n) is 5.76. The van der Waals surface area contributed by atoms with Crippen LogP contribution in [0.5, 0.6) is 0 Å². The summed E-state index contributed by atoms with van der Waals surface area (Å²) in [6, 6.07) is 6.51. The number of halogens is 4. The molecule has 33 heavy (non-hydrogen) atoms. The maximum absolute atomic E-state index is 15.4. The zero-order valence-corrected chi connectivity index (χ0v) is 19.3. The molecule has 0 aliphatic carbocycles. The lowest BCUT2D eigenvalue weighted by atomic mass is 9.95. The minimum Gasteiger partial charge on any atom is -0.331 e. The summed E-state index contributed by atoms with van der Waals surface area (Å²) in [5.74, 6) is -6.67. The highest BCUT2D eigenvalue weighted by atomic mass is 32.2. The van der Waals surface area contributed by atoms with Crippen LogP contribution in [-0.4, -0.2) is 49.5 Å². The van der Waals surface area contributed by atoms with Crippen LogP contribution in [0.2, 0.25) is 0 Å². The van der Waals surface area contributed by atoms with Crippen molar-refractivity contribution in [3.63, 3.8) is 0 Å². The summed E-state index contributed by atoms with van der Waals surface area (Å²) < 4.78 is 85.8. The van der Waals surface area contributed by atoms with Gasteiger partial charge in [0.15, 0.2) is 0 Å². The maximum Gasteiger partial charge on any atom is 0.283 e. The molecule has 1 N–H and O–H groups in total. The Morgan fingerprint density at radius 1 is 1.12 bits per heavy atom. The molecule has 0 radical (unpaired) electrons. The number of carbonyl (C=O) groups excluding carboxylic acids is 1. The quantitative estimate of drug-likeness (QED) is 0.602. The lowest BCUT2D eigenvalue weighted by Gasteiger charge is -2.29. The number of sulfonamides is 1. The van der Waals surface area contributed by atoms with Crippen LogP contribution in [0.25, 0.3) is 11.1 Å². The van der Waals surface area contributed by atoms with Gasteiger partial charge in [-0.2, -0.15) is 0 Å². The molecule has 5 nitrogen and oxygen atoms in total. The predicted molar refractivity (Wildman–Crippen MR) is 117 cm³/mol. The fourth-order valence-electron chi connectivity index (χ4n) is 4.00. The Bertz CT molecular complexity index is 1140. The van der Waals surface area contributed by atoms with E-state index < -0.39 is 63.8 Å². The maximum atomic E-state index is 15.4. The number of likely N-dealkylation sites (tertiary alicyclic amines) is 1. The number of benzene rings is 2. The molecule has 1 heterocycles. The molecule has 0 unspecified atom stereocenters. The average molecular weight is 487 g/mol. The molecule has 10 heteroatoms. The fourth-order valence-corrected chi connectivity index (χ4v) is 4.88. The second kappa shape index (κ2) is 9.42. The van der Waals surface area contributed by atoms with E-state index in [-0.39, 0.29) is 23.1 Å². The molecule has 1 aliphatic heterocycles. The van der Waals surface area contributed by atoms with E-state index in [1.807, 2.05) is 4.72 Å². The molecular weight excluding hydrogens is 460 g/mol. The van der Waals surface area contributed by atoms with Crippen LogP contribution in [0, 0.1) is 17.6 Å². The summed E-state index contributed by atoms with van der Waals surface area (Å²) in [6.07, 6.45) is -0.376. The van der Waals surface area contributed by atoms with Gasteiger partial charge in [-0.3, -0.25) is 4.79 Å². The second-order valence-corrected chi connectivity index (χ2v) is 10.5. The fraction of sp³-hybridized carbons (Fsp3) is 0.435. The van der Waals surface area contributed by atoms with Crippen molar-refractivity contribution in [3.8, 4) is 11.1 Å². The lowest BCUT2D eigenvalue weighted by Crippen LogP contribution is -2.53. The van der Waals surface area contributed by atoms with Crippen molar-refractivity contribution in [1.82, 2.24) is 9.62 Å². The van der Waals surface area contributed by atoms with Gasteiger partial charge in [0.1, 0.15) is 17.7 Å². The zero-order valence-electron chi connectivity index (χ0n) is 18.5. The third-order valence-corrected chi connectivity index (χ3v) is 7.13. The number of alkyl halides is 2.